The van der Waals surface area contributed by atoms with Gasteiger partial charge in [-0.05, 0) is 41.0 Å². The van der Waals surface area contributed by atoms with Crippen molar-refractivity contribution in [1.29, 1.82) is 0 Å². The molecule has 0 saturated heterocycles. The Kier molecular flexibility index (Phi) is 7.11. The van der Waals surface area contributed by atoms with Crippen LogP contribution in [0, 0.1) is 5.82 Å². The summed E-state index contributed by atoms with van der Waals surface area (Å²) in [6, 6.07) is 8.81. The number of aliphatic hydroxyl groups is 1. The Morgan fingerprint density at radius 2 is 1.84 bits per heavy atom. The molecule has 3 aromatic rings. The highest BCUT2D eigenvalue weighted by Gasteiger charge is 2.59. The molecule has 38 heavy (non-hydrogen) atoms. The Balaban J connectivity index is 1.75. The van der Waals surface area contributed by atoms with Gasteiger partial charge >= 0.3 is 12.1 Å². The molecule has 0 aliphatic carbocycles. The van der Waals surface area contributed by atoms with E-state index < -0.39 is 41.0 Å². The molecule has 0 fully saturated rings. The van der Waals surface area contributed by atoms with Crippen LogP contribution in [-0.4, -0.2) is 48.9 Å². The van der Waals surface area contributed by atoms with Crippen LogP contribution < -0.4 is 9.64 Å². The van der Waals surface area contributed by atoms with Gasteiger partial charge in [-0.3, -0.25) is 4.79 Å². The molecule has 2 atom stereocenters. The van der Waals surface area contributed by atoms with Gasteiger partial charge in [0.2, 0.25) is 5.88 Å². The maximum absolute atomic E-state index is 14.5. The van der Waals surface area contributed by atoms with Crippen molar-refractivity contribution in [3.8, 4) is 17.0 Å². The molecule has 1 aromatic heterocycles. The maximum atomic E-state index is 14.5. The second-order valence-electron chi connectivity index (χ2n) is 8.70. The first kappa shape index (κ1) is 27.3. The topological polar surface area (TPSA) is 89.0 Å². The summed E-state index contributed by atoms with van der Waals surface area (Å²) in [6.45, 7) is 0.844. The minimum Gasteiger partial charge on any atom is -0.466 e. The van der Waals surface area contributed by atoms with Crippen LogP contribution in [-0.2, 0) is 15.1 Å². The quantitative estimate of drug-likeness (QED) is 0.344. The van der Waals surface area contributed by atoms with Crippen molar-refractivity contribution in [3.63, 3.8) is 0 Å². The zero-order chi connectivity index (χ0) is 28.0. The van der Waals surface area contributed by atoms with Gasteiger partial charge in [0.1, 0.15) is 11.5 Å². The van der Waals surface area contributed by atoms with Gasteiger partial charge in [0.25, 0.3) is 5.91 Å². The number of ether oxygens (including phenoxy) is 2. The first-order valence-electron chi connectivity index (χ1n) is 11.2. The van der Waals surface area contributed by atoms with Crippen molar-refractivity contribution in [1.82, 2.24) is 4.98 Å². The lowest BCUT2D eigenvalue weighted by Gasteiger charge is -2.37. The third-order valence-corrected chi connectivity index (χ3v) is 6.90. The fourth-order valence-corrected chi connectivity index (χ4v) is 4.62. The summed E-state index contributed by atoms with van der Waals surface area (Å²) in [5.74, 6) is -3.87. The number of alkyl halides is 3. The van der Waals surface area contributed by atoms with Crippen LogP contribution in [0.4, 0.5) is 23.2 Å². The Hall–Kier alpha value is -3.70. The lowest BCUT2D eigenvalue weighted by Crippen LogP contribution is -2.47. The molecule has 200 valence electrons. The number of anilines is 1. The SMILES string of the molecule is COC(=O)c1ccc(-c2ccc([C@@H](C)[C@@](O)(c3cnc4c(c3)N(C)C(=O)CO4)C(F)(F)F)c(Cl)c2)cc1F. The van der Waals surface area contributed by atoms with E-state index in [0.717, 1.165) is 37.3 Å². The zero-order valence-electron chi connectivity index (χ0n) is 20.3. The second-order valence-corrected chi connectivity index (χ2v) is 9.11. The number of halogens is 5. The number of amides is 1. The third kappa shape index (κ3) is 4.56. The molecule has 1 N–H and O–H groups in total. The summed E-state index contributed by atoms with van der Waals surface area (Å²) in [5, 5.41) is 11.1. The van der Waals surface area contributed by atoms with Gasteiger partial charge in [0, 0.05) is 29.7 Å². The Morgan fingerprint density at radius 1 is 1.18 bits per heavy atom. The van der Waals surface area contributed by atoms with Gasteiger partial charge < -0.3 is 19.5 Å². The highest BCUT2D eigenvalue weighted by molar-refractivity contribution is 6.31. The van der Waals surface area contributed by atoms with Crippen molar-refractivity contribution < 1.29 is 41.7 Å². The van der Waals surface area contributed by atoms with E-state index in [4.69, 9.17) is 16.3 Å². The van der Waals surface area contributed by atoms with E-state index in [0.29, 0.717) is 11.1 Å². The number of aromatic nitrogens is 1. The van der Waals surface area contributed by atoms with Crippen LogP contribution in [0.5, 0.6) is 5.88 Å². The molecular formula is C26H21ClF4N2O5. The summed E-state index contributed by atoms with van der Waals surface area (Å²) in [4.78, 5) is 28.6. The van der Waals surface area contributed by atoms with Crippen LogP contribution in [0.15, 0.2) is 48.7 Å². The minimum atomic E-state index is -5.17. The molecular weight excluding hydrogens is 532 g/mol. The van der Waals surface area contributed by atoms with Gasteiger partial charge in [-0.1, -0.05) is 36.7 Å². The first-order chi connectivity index (χ1) is 17.8. The van der Waals surface area contributed by atoms with Crippen molar-refractivity contribution in [2.75, 3.05) is 25.7 Å². The number of hydrogen-bond donors (Lipinski definition) is 1. The van der Waals surface area contributed by atoms with E-state index in [9.17, 15) is 32.3 Å². The van der Waals surface area contributed by atoms with E-state index in [1.165, 1.54) is 37.4 Å². The number of methoxy groups -OCH3 is 1. The van der Waals surface area contributed by atoms with E-state index >= 15 is 0 Å². The highest BCUT2D eigenvalue weighted by atomic mass is 35.5. The van der Waals surface area contributed by atoms with E-state index in [-0.39, 0.29) is 34.3 Å². The smallest absolute Gasteiger partial charge is 0.422 e. The Morgan fingerprint density at radius 3 is 2.45 bits per heavy atom. The fraction of sp³-hybridized carbons (Fsp3) is 0.269. The number of fused-ring (bicyclic) bond motifs is 1. The van der Waals surface area contributed by atoms with E-state index in [2.05, 4.69) is 9.72 Å². The summed E-state index contributed by atoms with van der Waals surface area (Å²) in [6.07, 6.45) is -4.32. The molecule has 1 aliphatic rings. The normalized spacial score (nSPS) is 15.8. The van der Waals surface area contributed by atoms with E-state index in [1.54, 1.807) is 0 Å². The highest BCUT2D eigenvalue weighted by Crippen LogP contribution is 2.51. The number of esters is 1. The van der Waals surface area contributed by atoms with Crippen molar-refractivity contribution in [2.24, 2.45) is 0 Å². The molecule has 0 unspecified atom stereocenters. The number of carbonyl (C=O) groups excluding carboxylic acids is 2. The molecule has 2 heterocycles. The average molecular weight is 553 g/mol. The summed E-state index contributed by atoms with van der Waals surface area (Å²) in [7, 11) is 2.48. The van der Waals surface area contributed by atoms with Crippen LogP contribution in [0.1, 0.15) is 34.3 Å². The Labute approximate surface area is 219 Å². The molecule has 0 radical (unpaired) electrons. The predicted octanol–water partition coefficient (Wildman–Crippen LogP) is 5.24. The van der Waals surface area contributed by atoms with Crippen LogP contribution >= 0.6 is 11.6 Å². The summed E-state index contributed by atoms with van der Waals surface area (Å²) in [5.41, 5.74) is -3.72. The molecule has 12 heteroatoms. The molecule has 0 bridgehead atoms. The zero-order valence-corrected chi connectivity index (χ0v) is 21.0. The number of rotatable bonds is 5. The second kappa shape index (κ2) is 9.88. The Bertz CT molecular complexity index is 1430. The van der Waals surface area contributed by atoms with Gasteiger partial charge in [-0.15, -0.1) is 0 Å². The number of hydrogen-bond acceptors (Lipinski definition) is 6. The fourth-order valence-electron chi connectivity index (χ4n) is 4.27. The van der Waals surface area contributed by atoms with Gasteiger partial charge in [0.15, 0.2) is 12.2 Å². The third-order valence-electron chi connectivity index (χ3n) is 6.57. The molecule has 1 amide bonds. The molecule has 7 nitrogen and oxygen atoms in total. The number of nitrogens with zero attached hydrogens (tertiary/aromatic N) is 2. The standard InChI is InChI=1S/C26H21ClF4N2O5/c1-13(17-6-4-14(8-19(17)27)15-5-7-18(20(28)9-15)24(35)37-3)25(36,26(29,30)31)16-10-21-23(32-11-16)38-12-22(34)33(21)2/h4-11,13,36H,12H2,1-3H3/t13-,25-/m1/s1. The summed E-state index contributed by atoms with van der Waals surface area (Å²) < 4.78 is 67.5. The van der Waals surface area contributed by atoms with Crippen LogP contribution in [0.2, 0.25) is 5.02 Å². The van der Waals surface area contributed by atoms with Crippen molar-refractivity contribution >= 4 is 29.2 Å². The number of pyridine rings is 1. The van der Waals surface area contributed by atoms with Crippen molar-refractivity contribution in [2.45, 2.75) is 24.6 Å². The first-order valence-corrected chi connectivity index (χ1v) is 11.5. The number of benzene rings is 2. The van der Waals surface area contributed by atoms with Crippen molar-refractivity contribution in [3.05, 3.63) is 76.2 Å². The monoisotopic (exact) mass is 552 g/mol. The lowest BCUT2D eigenvalue weighted by atomic mass is 9.78. The van der Waals surface area contributed by atoms with Gasteiger partial charge in [-0.2, -0.15) is 13.2 Å². The van der Waals surface area contributed by atoms with Gasteiger partial charge in [0.05, 0.1) is 12.7 Å². The van der Waals surface area contributed by atoms with Gasteiger partial charge in [-0.25, -0.2) is 14.2 Å². The maximum Gasteiger partial charge on any atom is 0.422 e. The number of carbonyl (C=O) groups is 2. The van der Waals surface area contributed by atoms with E-state index in [1.807, 2.05) is 0 Å². The average Bonchev–Trinajstić information content (AvgIpc) is 2.88. The van der Waals surface area contributed by atoms with Crippen LogP contribution in [0.25, 0.3) is 11.1 Å². The van der Waals surface area contributed by atoms with Crippen LogP contribution in [0.3, 0.4) is 0 Å². The molecule has 0 spiro atoms. The molecule has 0 saturated carbocycles. The summed E-state index contributed by atoms with van der Waals surface area (Å²) >= 11 is 6.38. The molecule has 1 aliphatic heterocycles. The lowest BCUT2D eigenvalue weighted by molar-refractivity contribution is -0.274. The minimum absolute atomic E-state index is 0.0208. The largest absolute Gasteiger partial charge is 0.466 e. The number of likely N-dealkylation sites (N-methyl/N-ethyl adjacent to an activating group) is 1. The molecule has 4 rings (SSSR count). The predicted molar refractivity (Wildman–Crippen MR) is 130 cm³/mol. The molecule has 2 aromatic carbocycles.